The molecule has 114 valence electrons. The zero-order valence-corrected chi connectivity index (χ0v) is 13.2. The van der Waals surface area contributed by atoms with Crippen LogP contribution < -0.4 is 10.1 Å². The summed E-state index contributed by atoms with van der Waals surface area (Å²) in [7, 11) is 3.96. The van der Waals surface area contributed by atoms with E-state index in [1.807, 2.05) is 31.0 Å². The Kier molecular flexibility index (Phi) is 5.81. The van der Waals surface area contributed by atoms with Gasteiger partial charge < -0.3 is 10.1 Å². The van der Waals surface area contributed by atoms with Crippen molar-refractivity contribution in [1.82, 2.24) is 15.1 Å². The first-order valence-corrected chi connectivity index (χ1v) is 7.55. The molecule has 0 aliphatic heterocycles. The van der Waals surface area contributed by atoms with Crippen molar-refractivity contribution in [3.05, 3.63) is 47.8 Å². The van der Waals surface area contributed by atoms with E-state index in [0.29, 0.717) is 12.6 Å². The molecule has 4 nitrogen and oxygen atoms in total. The molecule has 0 aliphatic rings. The molecule has 0 amide bonds. The second kappa shape index (κ2) is 7.84. The summed E-state index contributed by atoms with van der Waals surface area (Å²) in [5.41, 5.74) is 2.55. The van der Waals surface area contributed by atoms with Gasteiger partial charge in [-0.3, -0.25) is 4.68 Å². The fourth-order valence-electron chi connectivity index (χ4n) is 2.20. The summed E-state index contributed by atoms with van der Waals surface area (Å²) < 4.78 is 7.67. The Morgan fingerprint density at radius 2 is 1.95 bits per heavy atom. The van der Waals surface area contributed by atoms with Gasteiger partial charge >= 0.3 is 0 Å². The third kappa shape index (κ3) is 4.90. The molecule has 1 aromatic heterocycles. The van der Waals surface area contributed by atoms with Crippen LogP contribution in [-0.4, -0.2) is 29.5 Å². The van der Waals surface area contributed by atoms with Crippen LogP contribution in [0.1, 0.15) is 24.6 Å². The molecule has 4 heteroatoms. The SMILES string of the molecule is CNC(C)CCc1ccc(OCCc2ccnn2C)cc1. The average molecular weight is 287 g/mol. The van der Waals surface area contributed by atoms with Crippen molar-refractivity contribution in [3.63, 3.8) is 0 Å². The molecule has 1 unspecified atom stereocenters. The lowest BCUT2D eigenvalue weighted by Gasteiger charge is -2.10. The van der Waals surface area contributed by atoms with Crippen LogP contribution in [0.25, 0.3) is 0 Å². The van der Waals surface area contributed by atoms with E-state index in [2.05, 4.69) is 41.6 Å². The third-order valence-electron chi connectivity index (χ3n) is 3.83. The van der Waals surface area contributed by atoms with Crippen LogP contribution in [0.3, 0.4) is 0 Å². The standard InChI is InChI=1S/C17H25N3O/c1-14(18-2)4-5-15-6-8-17(9-7-15)21-13-11-16-10-12-19-20(16)3/h6-10,12,14,18H,4-5,11,13H2,1-3H3. The van der Waals surface area contributed by atoms with Gasteiger partial charge in [0.05, 0.1) is 6.61 Å². The molecule has 0 saturated carbocycles. The normalized spacial score (nSPS) is 12.3. The molecule has 2 aromatic rings. The first-order chi connectivity index (χ1) is 10.2. The number of aryl methyl sites for hydroxylation is 2. The molecular weight excluding hydrogens is 262 g/mol. The molecule has 0 spiro atoms. The maximum absolute atomic E-state index is 5.78. The smallest absolute Gasteiger partial charge is 0.119 e. The molecule has 1 aromatic carbocycles. The predicted octanol–water partition coefficient (Wildman–Crippen LogP) is 2.58. The van der Waals surface area contributed by atoms with Crippen LogP contribution in [-0.2, 0) is 19.9 Å². The first kappa shape index (κ1) is 15.6. The summed E-state index contributed by atoms with van der Waals surface area (Å²) in [5, 5.41) is 7.41. The second-order valence-electron chi connectivity index (χ2n) is 5.42. The molecule has 2 rings (SSSR count). The minimum atomic E-state index is 0.555. The first-order valence-electron chi connectivity index (χ1n) is 7.55. The van der Waals surface area contributed by atoms with Crippen molar-refractivity contribution in [2.45, 2.75) is 32.2 Å². The Labute approximate surface area is 127 Å². The molecule has 0 aliphatic carbocycles. The van der Waals surface area contributed by atoms with E-state index in [1.165, 1.54) is 11.3 Å². The lowest BCUT2D eigenvalue weighted by Crippen LogP contribution is -2.21. The van der Waals surface area contributed by atoms with Gasteiger partial charge in [0.2, 0.25) is 0 Å². The van der Waals surface area contributed by atoms with Gasteiger partial charge in [-0.2, -0.15) is 5.10 Å². The maximum Gasteiger partial charge on any atom is 0.119 e. The van der Waals surface area contributed by atoms with Crippen molar-refractivity contribution in [1.29, 1.82) is 0 Å². The molecule has 0 bridgehead atoms. The zero-order chi connectivity index (χ0) is 15.1. The Balaban J connectivity index is 1.76. The number of ether oxygens (including phenoxy) is 1. The highest BCUT2D eigenvalue weighted by molar-refractivity contribution is 5.27. The van der Waals surface area contributed by atoms with E-state index in [0.717, 1.165) is 25.0 Å². The Morgan fingerprint density at radius 1 is 1.19 bits per heavy atom. The van der Waals surface area contributed by atoms with Gasteiger partial charge in [-0.05, 0) is 50.6 Å². The molecule has 0 saturated heterocycles. The summed E-state index contributed by atoms with van der Waals surface area (Å²) in [6, 6.07) is 11.0. The van der Waals surface area contributed by atoms with Crippen LogP contribution in [0.2, 0.25) is 0 Å². The van der Waals surface area contributed by atoms with E-state index >= 15 is 0 Å². The van der Waals surface area contributed by atoms with Crippen LogP contribution in [0.15, 0.2) is 36.5 Å². The second-order valence-corrected chi connectivity index (χ2v) is 5.42. The highest BCUT2D eigenvalue weighted by Gasteiger charge is 2.02. The average Bonchev–Trinajstić information content (AvgIpc) is 2.91. The quantitative estimate of drug-likeness (QED) is 0.811. The van der Waals surface area contributed by atoms with Crippen LogP contribution in [0.4, 0.5) is 0 Å². The zero-order valence-electron chi connectivity index (χ0n) is 13.2. The van der Waals surface area contributed by atoms with Crippen molar-refractivity contribution in [2.75, 3.05) is 13.7 Å². The number of hydrogen-bond donors (Lipinski definition) is 1. The van der Waals surface area contributed by atoms with E-state index in [-0.39, 0.29) is 0 Å². The van der Waals surface area contributed by atoms with Crippen LogP contribution in [0, 0.1) is 0 Å². The fraction of sp³-hybridized carbons (Fsp3) is 0.471. The van der Waals surface area contributed by atoms with Gasteiger partial charge in [0, 0.05) is 31.4 Å². The summed E-state index contributed by atoms with van der Waals surface area (Å²) in [6.45, 7) is 2.88. The lowest BCUT2D eigenvalue weighted by atomic mass is 10.1. The lowest BCUT2D eigenvalue weighted by molar-refractivity contribution is 0.318. The van der Waals surface area contributed by atoms with Crippen molar-refractivity contribution in [2.24, 2.45) is 7.05 Å². The Bertz CT molecular complexity index is 533. The number of nitrogens with zero attached hydrogens (tertiary/aromatic N) is 2. The number of aromatic nitrogens is 2. The monoisotopic (exact) mass is 287 g/mol. The van der Waals surface area contributed by atoms with Gasteiger partial charge in [-0.1, -0.05) is 12.1 Å². The van der Waals surface area contributed by atoms with E-state index in [1.54, 1.807) is 0 Å². The van der Waals surface area contributed by atoms with Gasteiger partial charge in [0.15, 0.2) is 0 Å². The fourth-order valence-corrected chi connectivity index (χ4v) is 2.20. The molecule has 1 atom stereocenters. The van der Waals surface area contributed by atoms with Crippen molar-refractivity contribution >= 4 is 0 Å². The summed E-state index contributed by atoms with van der Waals surface area (Å²) in [4.78, 5) is 0. The number of benzene rings is 1. The molecule has 0 radical (unpaired) electrons. The minimum absolute atomic E-state index is 0.555. The molecule has 21 heavy (non-hydrogen) atoms. The summed E-state index contributed by atoms with van der Waals surface area (Å²) in [6.07, 6.45) is 4.93. The Morgan fingerprint density at radius 3 is 2.57 bits per heavy atom. The Hall–Kier alpha value is -1.81. The van der Waals surface area contributed by atoms with Gasteiger partial charge in [-0.25, -0.2) is 0 Å². The number of rotatable bonds is 8. The predicted molar refractivity (Wildman–Crippen MR) is 85.7 cm³/mol. The largest absolute Gasteiger partial charge is 0.493 e. The number of nitrogens with one attached hydrogen (secondary N) is 1. The van der Waals surface area contributed by atoms with Gasteiger partial charge in [0.1, 0.15) is 5.75 Å². The van der Waals surface area contributed by atoms with Crippen molar-refractivity contribution < 1.29 is 4.74 Å². The van der Waals surface area contributed by atoms with Gasteiger partial charge in [0.25, 0.3) is 0 Å². The van der Waals surface area contributed by atoms with Crippen molar-refractivity contribution in [3.8, 4) is 5.75 Å². The van der Waals surface area contributed by atoms with Crippen LogP contribution in [0.5, 0.6) is 5.75 Å². The topological polar surface area (TPSA) is 39.1 Å². The van der Waals surface area contributed by atoms with E-state index < -0.39 is 0 Å². The molecule has 1 heterocycles. The summed E-state index contributed by atoms with van der Waals surface area (Å²) >= 11 is 0. The van der Waals surface area contributed by atoms with Crippen LogP contribution >= 0.6 is 0 Å². The third-order valence-corrected chi connectivity index (χ3v) is 3.83. The molecule has 0 fully saturated rings. The summed E-state index contributed by atoms with van der Waals surface area (Å²) in [5.74, 6) is 0.933. The molecule has 1 N–H and O–H groups in total. The van der Waals surface area contributed by atoms with Gasteiger partial charge in [-0.15, -0.1) is 0 Å². The number of hydrogen-bond acceptors (Lipinski definition) is 3. The highest BCUT2D eigenvalue weighted by atomic mass is 16.5. The van der Waals surface area contributed by atoms with E-state index in [9.17, 15) is 0 Å². The highest BCUT2D eigenvalue weighted by Crippen LogP contribution is 2.14. The van der Waals surface area contributed by atoms with E-state index in [4.69, 9.17) is 4.74 Å². The minimum Gasteiger partial charge on any atom is -0.493 e. The molecular formula is C17H25N3O. The maximum atomic E-state index is 5.78.